The number of ether oxygens (including phenoxy) is 2. The lowest BCUT2D eigenvalue weighted by molar-refractivity contribution is 0.170. The topological polar surface area (TPSA) is 59.6 Å². The molecule has 5 nitrogen and oxygen atoms in total. The van der Waals surface area contributed by atoms with Crippen molar-refractivity contribution in [3.05, 3.63) is 59.9 Å². The first-order chi connectivity index (χ1) is 11.2. The van der Waals surface area contributed by atoms with E-state index in [1.165, 1.54) is 13.2 Å². The Morgan fingerprint density at radius 2 is 1.87 bits per heavy atom. The number of para-hydroxylation sites is 1. The molecule has 0 radical (unpaired) electrons. The molecular weight excluding hydrogens is 299 g/mol. The molecule has 0 aliphatic heterocycles. The highest BCUT2D eigenvalue weighted by Crippen LogP contribution is 2.15. The van der Waals surface area contributed by atoms with Crippen LogP contribution < -0.4 is 15.4 Å². The van der Waals surface area contributed by atoms with Gasteiger partial charge in [0.1, 0.15) is 6.61 Å². The monoisotopic (exact) mass is 318 g/mol. The molecule has 1 amide bonds. The maximum absolute atomic E-state index is 13.4. The summed E-state index contributed by atoms with van der Waals surface area (Å²) in [6.45, 7) is 1.31. The van der Waals surface area contributed by atoms with Crippen molar-refractivity contribution in [2.75, 3.05) is 25.6 Å². The van der Waals surface area contributed by atoms with E-state index in [4.69, 9.17) is 4.74 Å². The van der Waals surface area contributed by atoms with E-state index in [0.717, 1.165) is 11.3 Å². The Hall–Kier alpha value is -2.76. The number of methoxy groups -OCH3 is 1. The van der Waals surface area contributed by atoms with Crippen molar-refractivity contribution in [2.24, 2.45) is 0 Å². The molecule has 0 unspecified atom stereocenters. The lowest BCUT2D eigenvalue weighted by Crippen LogP contribution is -2.22. The van der Waals surface area contributed by atoms with Crippen molar-refractivity contribution in [1.82, 2.24) is 5.32 Å². The van der Waals surface area contributed by atoms with Crippen LogP contribution in [0.25, 0.3) is 0 Å². The number of rotatable bonds is 7. The molecule has 0 heterocycles. The molecule has 0 atom stereocenters. The number of carbonyl (C=O) groups is 1. The van der Waals surface area contributed by atoms with Gasteiger partial charge in [0.15, 0.2) is 11.6 Å². The largest absolute Gasteiger partial charge is 0.489 e. The molecule has 0 aromatic heterocycles. The molecule has 0 aliphatic carbocycles. The smallest absolute Gasteiger partial charge is 0.407 e. The highest BCUT2D eigenvalue weighted by molar-refractivity contribution is 5.66. The molecule has 0 bridgehead atoms. The van der Waals surface area contributed by atoms with Gasteiger partial charge in [0, 0.05) is 18.8 Å². The van der Waals surface area contributed by atoms with E-state index in [1.54, 1.807) is 18.2 Å². The first-order valence-electron chi connectivity index (χ1n) is 7.21. The molecule has 2 aromatic carbocycles. The van der Waals surface area contributed by atoms with Crippen molar-refractivity contribution >= 4 is 11.8 Å². The van der Waals surface area contributed by atoms with E-state index >= 15 is 0 Å². The molecule has 0 saturated heterocycles. The lowest BCUT2D eigenvalue weighted by Gasteiger charge is -2.10. The highest BCUT2D eigenvalue weighted by atomic mass is 19.1. The Kier molecular flexibility index (Phi) is 6.23. The summed E-state index contributed by atoms with van der Waals surface area (Å²) >= 11 is 0. The van der Waals surface area contributed by atoms with Crippen LogP contribution in [0.2, 0.25) is 0 Å². The first-order valence-corrected chi connectivity index (χ1v) is 7.21. The third kappa shape index (κ3) is 5.50. The van der Waals surface area contributed by atoms with Gasteiger partial charge < -0.3 is 20.1 Å². The number of alkyl carbamates (subject to hydrolysis) is 1. The summed E-state index contributed by atoms with van der Waals surface area (Å²) in [6, 6.07) is 13.9. The summed E-state index contributed by atoms with van der Waals surface area (Å²) in [5.41, 5.74) is 1.88. The van der Waals surface area contributed by atoms with Gasteiger partial charge in [-0.2, -0.15) is 0 Å². The molecule has 0 fully saturated rings. The Morgan fingerprint density at radius 1 is 1.13 bits per heavy atom. The zero-order chi connectivity index (χ0) is 16.5. The van der Waals surface area contributed by atoms with Crippen LogP contribution in [0.5, 0.6) is 5.75 Å². The van der Waals surface area contributed by atoms with Crippen LogP contribution in [0.3, 0.4) is 0 Å². The van der Waals surface area contributed by atoms with Crippen LogP contribution in [0.15, 0.2) is 48.5 Å². The minimum absolute atomic E-state index is 0.249. The number of hydrogen-bond acceptors (Lipinski definition) is 4. The molecule has 2 aromatic rings. The van der Waals surface area contributed by atoms with Crippen molar-refractivity contribution in [1.29, 1.82) is 0 Å². The summed E-state index contributed by atoms with van der Waals surface area (Å²) < 4.78 is 23.2. The minimum atomic E-state index is -0.461. The van der Waals surface area contributed by atoms with Crippen LogP contribution >= 0.6 is 0 Å². The molecule has 2 N–H and O–H groups in total. The standard InChI is InChI=1S/C17H19FN2O3/c1-22-17(21)20-12-13-6-8-14(9-7-13)19-10-11-23-16-5-3-2-4-15(16)18/h2-9,19H,10-12H2,1H3,(H,20,21). The van der Waals surface area contributed by atoms with Crippen LogP contribution in [-0.4, -0.2) is 26.4 Å². The summed E-state index contributed by atoms with van der Waals surface area (Å²) in [6.07, 6.45) is -0.461. The highest BCUT2D eigenvalue weighted by Gasteiger charge is 2.01. The van der Waals surface area contributed by atoms with E-state index in [0.29, 0.717) is 19.7 Å². The molecule has 122 valence electrons. The van der Waals surface area contributed by atoms with Gasteiger partial charge in [0.25, 0.3) is 0 Å². The zero-order valence-electron chi connectivity index (χ0n) is 12.8. The van der Waals surface area contributed by atoms with E-state index in [2.05, 4.69) is 15.4 Å². The third-order valence-electron chi connectivity index (χ3n) is 3.10. The minimum Gasteiger partial charge on any atom is -0.489 e. The maximum atomic E-state index is 13.4. The lowest BCUT2D eigenvalue weighted by atomic mass is 10.2. The summed E-state index contributed by atoms with van der Waals surface area (Å²) in [5.74, 6) is -0.117. The fraction of sp³-hybridized carbons (Fsp3) is 0.235. The van der Waals surface area contributed by atoms with Crippen LogP contribution in [0.4, 0.5) is 14.9 Å². The Morgan fingerprint density at radius 3 is 2.57 bits per heavy atom. The molecule has 0 aliphatic rings. The third-order valence-corrected chi connectivity index (χ3v) is 3.10. The van der Waals surface area contributed by atoms with Crippen molar-refractivity contribution in [3.8, 4) is 5.75 Å². The summed E-state index contributed by atoms with van der Waals surface area (Å²) in [4.78, 5) is 11.0. The van der Waals surface area contributed by atoms with Gasteiger partial charge in [-0.25, -0.2) is 9.18 Å². The zero-order valence-corrected chi connectivity index (χ0v) is 12.8. The summed E-state index contributed by atoms with van der Waals surface area (Å²) in [7, 11) is 1.33. The van der Waals surface area contributed by atoms with Gasteiger partial charge in [-0.05, 0) is 29.8 Å². The maximum Gasteiger partial charge on any atom is 0.407 e. The normalized spacial score (nSPS) is 10.0. The number of nitrogens with one attached hydrogen (secondary N) is 2. The van der Waals surface area contributed by atoms with Crippen LogP contribution in [-0.2, 0) is 11.3 Å². The molecular formula is C17H19FN2O3. The number of amides is 1. The average Bonchev–Trinajstić information content (AvgIpc) is 2.59. The van der Waals surface area contributed by atoms with E-state index in [9.17, 15) is 9.18 Å². The van der Waals surface area contributed by atoms with E-state index in [1.807, 2.05) is 24.3 Å². The Bertz CT molecular complexity index is 632. The van der Waals surface area contributed by atoms with Crippen molar-refractivity contribution in [2.45, 2.75) is 6.54 Å². The van der Waals surface area contributed by atoms with Crippen LogP contribution in [0, 0.1) is 5.82 Å². The molecule has 0 saturated carbocycles. The summed E-state index contributed by atoms with van der Waals surface area (Å²) in [5, 5.41) is 5.78. The SMILES string of the molecule is COC(=O)NCc1ccc(NCCOc2ccccc2F)cc1. The number of benzene rings is 2. The van der Waals surface area contributed by atoms with Gasteiger partial charge in [-0.15, -0.1) is 0 Å². The molecule has 6 heteroatoms. The quantitative estimate of drug-likeness (QED) is 0.770. The van der Waals surface area contributed by atoms with Gasteiger partial charge in [0.05, 0.1) is 7.11 Å². The second-order valence-corrected chi connectivity index (χ2v) is 4.75. The fourth-order valence-electron chi connectivity index (χ4n) is 1.90. The first kappa shape index (κ1) is 16.6. The van der Waals surface area contributed by atoms with E-state index < -0.39 is 6.09 Å². The molecule has 2 rings (SSSR count). The van der Waals surface area contributed by atoms with Gasteiger partial charge >= 0.3 is 6.09 Å². The van der Waals surface area contributed by atoms with Gasteiger partial charge in [0.2, 0.25) is 0 Å². The van der Waals surface area contributed by atoms with Gasteiger partial charge in [-0.3, -0.25) is 0 Å². The predicted octanol–water partition coefficient (Wildman–Crippen LogP) is 3.17. The van der Waals surface area contributed by atoms with Crippen molar-refractivity contribution < 1.29 is 18.7 Å². The second kappa shape index (κ2) is 8.63. The van der Waals surface area contributed by atoms with Gasteiger partial charge in [-0.1, -0.05) is 24.3 Å². The van der Waals surface area contributed by atoms with E-state index in [-0.39, 0.29) is 11.6 Å². The van der Waals surface area contributed by atoms with Crippen molar-refractivity contribution in [3.63, 3.8) is 0 Å². The number of halogens is 1. The second-order valence-electron chi connectivity index (χ2n) is 4.75. The molecule has 0 spiro atoms. The fourth-order valence-corrected chi connectivity index (χ4v) is 1.90. The number of hydrogen-bond donors (Lipinski definition) is 2. The van der Waals surface area contributed by atoms with Crippen LogP contribution in [0.1, 0.15) is 5.56 Å². The Labute approximate surface area is 134 Å². The Balaban J connectivity index is 1.72. The number of carbonyl (C=O) groups excluding carboxylic acids is 1. The predicted molar refractivity (Wildman–Crippen MR) is 86.1 cm³/mol. The molecule has 23 heavy (non-hydrogen) atoms. The average molecular weight is 318 g/mol. The number of anilines is 1.